The van der Waals surface area contributed by atoms with Gasteiger partial charge in [0.05, 0.1) is 0 Å². The third kappa shape index (κ3) is 6.84. The number of nitrogens with zero attached hydrogens (tertiary/aromatic N) is 1. The summed E-state index contributed by atoms with van der Waals surface area (Å²) in [5.41, 5.74) is 3.05. The van der Waals surface area contributed by atoms with Gasteiger partial charge in [-0.3, -0.25) is 9.59 Å². The Morgan fingerprint density at radius 2 is 1.77 bits per heavy atom. The molecule has 1 atom stereocenters. The van der Waals surface area contributed by atoms with Gasteiger partial charge in [0.2, 0.25) is 5.91 Å². The number of carbonyl (C=O) groups excluding carboxylic acids is 2. The maximum absolute atomic E-state index is 13.3. The summed E-state index contributed by atoms with van der Waals surface area (Å²) in [6.45, 7) is 12.9. The van der Waals surface area contributed by atoms with E-state index < -0.39 is 6.04 Å². The molecule has 0 saturated heterocycles. The van der Waals surface area contributed by atoms with Crippen molar-refractivity contribution in [3.05, 3.63) is 65.2 Å². The normalized spacial score (nSPS) is 12.2. The summed E-state index contributed by atoms with van der Waals surface area (Å²) in [7, 11) is 0. The van der Waals surface area contributed by atoms with E-state index >= 15 is 0 Å². The van der Waals surface area contributed by atoms with Crippen LogP contribution >= 0.6 is 0 Å². The largest absolute Gasteiger partial charge is 0.483 e. The van der Waals surface area contributed by atoms with E-state index in [2.05, 4.69) is 26.1 Å². The lowest BCUT2D eigenvalue weighted by atomic mass is 9.86. The molecule has 5 heteroatoms. The maximum atomic E-state index is 13.3. The first-order valence-corrected chi connectivity index (χ1v) is 11.0. The topological polar surface area (TPSA) is 58.6 Å². The van der Waals surface area contributed by atoms with E-state index in [1.54, 1.807) is 4.90 Å². The molecule has 2 aromatic rings. The average Bonchev–Trinajstić information content (AvgIpc) is 2.71. The van der Waals surface area contributed by atoms with Crippen LogP contribution in [0.3, 0.4) is 0 Å². The Morgan fingerprint density at radius 1 is 1.06 bits per heavy atom. The Hall–Kier alpha value is -2.82. The van der Waals surface area contributed by atoms with E-state index in [0.717, 1.165) is 16.7 Å². The minimum Gasteiger partial charge on any atom is -0.483 e. The molecule has 1 unspecified atom stereocenters. The van der Waals surface area contributed by atoms with Crippen LogP contribution in [-0.2, 0) is 21.5 Å². The predicted molar refractivity (Wildman–Crippen MR) is 125 cm³/mol. The van der Waals surface area contributed by atoms with E-state index in [9.17, 15) is 9.59 Å². The molecule has 0 aliphatic rings. The van der Waals surface area contributed by atoms with Crippen LogP contribution in [0.4, 0.5) is 0 Å². The lowest BCUT2D eigenvalue weighted by molar-refractivity contribution is -0.142. The Kier molecular flexibility index (Phi) is 8.66. The molecule has 0 saturated carbocycles. The summed E-state index contributed by atoms with van der Waals surface area (Å²) in [5.74, 6) is 0.356. The van der Waals surface area contributed by atoms with Crippen molar-refractivity contribution in [1.82, 2.24) is 10.2 Å². The second-order valence-electron chi connectivity index (χ2n) is 8.86. The molecule has 1 N–H and O–H groups in total. The summed E-state index contributed by atoms with van der Waals surface area (Å²) >= 11 is 0. The molecule has 168 valence electrons. The van der Waals surface area contributed by atoms with Crippen LogP contribution in [0.25, 0.3) is 0 Å². The second kappa shape index (κ2) is 11.0. The first kappa shape index (κ1) is 24.4. The first-order chi connectivity index (χ1) is 14.7. The van der Waals surface area contributed by atoms with Crippen LogP contribution in [0.1, 0.15) is 57.7 Å². The minimum atomic E-state index is -0.547. The zero-order valence-corrected chi connectivity index (χ0v) is 19.7. The van der Waals surface area contributed by atoms with Crippen molar-refractivity contribution in [3.63, 3.8) is 0 Å². The summed E-state index contributed by atoms with van der Waals surface area (Å²) < 4.78 is 5.98. The van der Waals surface area contributed by atoms with Gasteiger partial charge in [0.15, 0.2) is 6.61 Å². The highest BCUT2D eigenvalue weighted by atomic mass is 16.5. The van der Waals surface area contributed by atoms with Gasteiger partial charge in [0.25, 0.3) is 5.91 Å². The van der Waals surface area contributed by atoms with Gasteiger partial charge in [-0.25, -0.2) is 0 Å². The molecule has 0 spiro atoms. The predicted octanol–water partition coefficient (Wildman–Crippen LogP) is 4.61. The highest BCUT2D eigenvalue weighted by Crippen LogP contribution is 2.31. The highest BCUT2D eigenvalue weighted by molar-refractivity contribution is 5.88. The lowest BCUT2D eigenvalue weighted by Crippen LogP contribution is -2.50. The van der Waals surface area contributed by atoms with Crippen LogP contribution in [-0.4, -0.2) is 35.9 Å². The fourth-order valence-corrected chi connectivity index (χ4v) is 3.65. The zero-order valence-electron chi connectivity index (χ0n) is 19.7. The standard InChI is InChI=1S/C26H36N2O3/c1-7-22(25(30)27-8-2)28(17-20-13-11-12-19(3)16-20)24(29)18-31-23-15-10-9-14-21(23)26(4,5)6/h9-16,22H,7-8,17-18H2,1-6H3,(H,27,30). The first-order valence-electron chi connectivity index (χ1n) is 11.0. The van der Waals surface area contributed by atoms with Gasteiger partial charge in [-0.15, -0.1) is 0 Å². The zero-order chi connectivity index (χ0) is 23.0. The molecule has 0 aliphatic heterocycles. The van der Waals surface area contributed by atoms with Gasteiger partial charge in [0, 0.05) is 13.1 Å². The van der Waals surface area contributed by atoms with Gasteiger partial charge in [-0.1, -0.05) is 75.7 Å². The molecular weight excluding hydrogens is 388 g/mol. The quantitative estimate of drug-likeness (QED) is 0.639. The van der Waals surface area contributed by atoms with Crippen LogP contribution < -0.4 is 10.1 Å². The Bertz CT molecular complexity index is 886. The van der Waals surface area contributed by atoms with Crippen LogP contribution in [0, 0.1) is 6.92 Å². The van der Waals surface area contributed by atoms with E-state index in [1.807, 2.05) is 69.3 Å². The van der Waals surface area contributed by atoms with Crippen LogP contribution in [0.2, 0.25) is 0 Å². The third-order valence-electron chi connectivity index (χ3n) is 5.22. The number of likely N-dealkylation sites (N-methyl/N-ethyl adjacent to an activating group) is 1. The van der Waals surface area contributed by atoms with E-state index in [4.69, 9.17) is 4.74 Å². The van der Waals surface area contributed by atoms with Gasteiger partial charge >= 0.3 is 0 Å². The summed E-state index contributed by atoms with van der Waals surface area (Å²) in [6.07, 6.45) is 0.530. The van der Waals surface area contributed by atoms with Crippen molar-refractivity contribution in [2.45, 2.75) is 66.0 Å². The second-order valence-corrected chi connectivity index (χ2v) is 8.86. The number of benzene rings is 2. The highest BCUT2D eigenvalue weighted by Gasteiger charge is 2.29. The number of carbonyl (C=O) groups is 2. The average molecular weight is 425 g/mol. The van der Waals surface area contributed by atoms with Gasteiger partial charge in [0.1, 0.15) is 11.8 Å². The molecule has 0 bridgehead atoms. The van der Waals surface area contributed by atoms with Crippen molar-refractivity contribution in [1.29, 1.82) is 0 Å². The van der Waals surface area contributed by atoms with Gasteiger partial charge < -0.3 is 15.0 Å². The molecule has 31 heavy (non-hydrogen) atoms. The molecule has 0 fully saturated rings. The molecular formula is C26H36N2O3. The number of para-hydroxylation sites is 1. The van der Waals surface area contributed by atoms with Crippen LogP contribution in [0.15, 0.2) is 48.5 Å². The summed E-state index contributed by atoms with van der Waals surface area (Å²) in [6, 6.07) is 15.3. The number of nitrogens with one attached hydrogen (secondary N) is 1. The molecule has 0 radical (unpaired) electrons. The van der Waals surface area contributed by atoms with Crippen molar-refractivity contribution >= 4 is 11.8 Å². The SMILES string of the molecule is CCNC(=O)C(CC)N(Cc1cccc(C)c1)C(=O)COc1ccccc1C(C)(C)C. The lowest BCUT2D eigenvalue weighted by Gasteiger charge is -2.31. The molecule has 0 aromatic heterocycles. The van der Waals surface area contributed by atoms with Crippen molar-refractivity contribution in [3.8, 4) is 5.75 Å². The van der Waals surface area contributed by atoms with Gasteiger partial charge in [-0.05, 0) is 42.9 Å². The number of amides is 2. The summed E-state index contributed by atoms with van der Waals surface area (Å²) in [4.78, 5) is 27.6. The number of ether oxygens (including phenoxy) is 1. The number of rotatable bonds is 9. The molecule has 0 heterocycles. The molecule has 2 aromatic carbocycles. The summed E-state index contributed by atoms with van der Waals surface area (Å²) in [5, 5.41) is 2.86. The number of aryl methyl sites for hydroxylation is 1. The van der Waals surface area contributed by atoms with E-state index in [-0.39, 0.29) is 23.8 Å². The Balaban J connectivity index is 2.26. The third-order valence-corrected chi connectivity index (χ3v) is 5.22. The van der Waals surface area contributed by atoms with Crippen molar-refractivity contribution in [2.24, 2.45) is 0 Å². The molecule has 2 amide bonds. The Labute approximate surface area is 186 Å². The van der Waals surface area contributed by atoms with Crippen molar-refractivity contribution < 1.29 is 14.3 Å². The number of hydrogen-bond donors (Lipinski definition) is 1. The van der Waals surface area contributed by atoms with Gasteiger partial charge in [-0.2, -0.15) is 0 Å². The molecule has 5 nitrogen and oxygen atoms in total. The molecule has 0 aliphatic carbocycles. The van der Waals surface area contributed by atoms with Crippen molar-refractivity contribution in [2.75, 3.05) is 13.2 Å². The fourth-order valence-electron chi connectivity index (χ4n) is 3.65. The van der Waals surface area contributed by atoms with Crippen LogP contribution in [0.5, 0.6) is 5.75 Å². The van der Waals surface area contributed by atoms with E-state index in [1.165, 1.54) is 0 Å². The smallest absolute Gasteiger partial charge is 0.261 e. The number of hydrogen-bond acceptors (Lipinski definition) is 3. The molecule has 2 rings (SSSR count). The monoisotopic (exact) mass is 424 g/mol. The maximum Gasteiger partial charge on any atom is 0.261 e. The minimum absolute atomic E-state index is 0.103. The fraction of sp³-hybridized carbons (Fsp3) is 0.462. The Morgan fingerprint density at radius 3 is 2.39 bits per heavy atom. The van der Waals surface area contributed by atoms with E-state index in [0.29, 0.717) is 25.3 Å².